The molecule has 1 heterocycles. The second-order valence-corrected chi connectivity index (χ2v) is 5.95. The Morgan fingerprint density at radius 2 is 1.76 bits per heavy atom. The molecule has 3 aromatic rings. The molecule has 0 fully saturated rings. The van der Waals surface area contributed by atoms with Gasteiger partial charge in [0.05, 0.1) is 0 Å². The minimum absolute atomic E-state index is 0.240. The quantitative estimate of drug-likeness (QED) is 0.753. The summed E-state index contributed by atoms with van der Waals surface area (Å²) in [4.78, 5) is 14.3. The molecule has 0 radical (unpaired) electrons. The lowest BCUT2D eigenvalue weighted by Crippen LogP contribution is -2.17. The normalized spacial score (nSPS) is 10.4. The lowest BCUT2D eigenvalue weighted by atomic mass is 10.2. The van der Waals surface area contributed by atoms with Crippen LogP contribution in [0.15, 0.2) is 60.7 Å². The van der Waals surface area contributed by atoms with Crippen LogP contribution in [0.5, 0.6) is 0 Å². The number of aromatic nitrogens is 2. The van der Waals surface area contributed by atoms with Crippen LogP contribution in [0.4, 0.5) is 17.2 Å². The smallest absolute Gasteiger partial charge is 0.276 e. The largest absolute Gasteiger partial charge is 0.328 e. The van der Waals surface area contributed by atoms with E-state index >= 15 is 0 Å². The first kappa shape index (κ1) is 16.9. The summed E-state index contributed by atoms with van der Waals surface area (Å²) in [7, 11) is 1.90. The molecule has 5 nitrogen and oxygen atoms in total. The summed E-state index contributed by atoms with van der Waals surface area (Å²) in [6.07, 6.45) is 0. The SMILES string of the molecule is Cc1c(Cl)cccc1NC(=O)c1ccc(N(C)c2ccccc2)nn1. The van der Waals surface area contributed by atoms with Gasteiger partial charge >= 0.3 is 0 Å². The molecule has 0 aliphatic heterocycles. The Morgan fingerprint density at radius 3 is 2.44 bits per heavy atom. The molecular formula is C19H17ClN4O. The lowest BCUT2D eigenvalue weighted by molar-refractivity contribution is 0.102. The Hall–Kier alpha value is -2.92. The third-order valence-corrected chi connectivity index (χ3v) is 4.30. The van der Waals surface area contributed by atoms with Crippen LogP contribution in [0.2, 0.25) is 5.02 Å². The van der Waals surface area contributed by atoms with E-state index in [1.54, 1.807) is 30.3 Å². The van der Waals surface area contributed by atoms with E-state index in [2.05, 4.69) is 15.5 Å². The van der Waals surface area contributed by atoms with Gasteiger partial charge in [0.2, 0.25) is 0 Å². The number of carbonyl (C=O) groups is 1. The van der Waals surface area contributed by atoms with Crippen LogP contribution in [0.25, 0.3) is 0 Å². The van der Waals surface area contributed by atoms with Gasteiger partial charge in [-0.2, -0.15) is 0 Å². The number of anilines is 3. The molecule has 0 saturated carbocycles. The zero-order chi connectivity index (χ0) is 17.8. The zero-order valence-corrected chi connectivity index (χ0v) is 14.7. The monoisotopic (exact) mass is 352 g/mol. The Balaban J connectivity index is 1.76. The Bertz CT molecular complexity index is 882. The maximum absolute atomic E-state index is 12.4. The van der Waals surface area contributed by atoms with Crippen molar-refractivity contribution in [1.29, 1.82) is 0 Å². The van der Waals surface area contributed by atoms with Gasteiger partial charge in [-0.1, -0.05) is 35.9 Å². The van der Waals surface area contributed by atoms with Crippen LogP contribution in [-0.2, 0) is 0 Å². The predicted molar refractivity (Wildman–Crippen MR) is 101 cm³/mol. The first-order valence-corrected chi connectivity index (χ1v) is 8.13. The van der Waals surface area contributed by atoms with Crippen LogP contribution in [0, 0.1) is 6.92 Å². The number of para-hydroxylation sites is 1. The van der Waals surface area contributed by atoms with E-state index in [0.717, 1.165) is 11.3 Å². The summed E-state index contributed by atoms with van der Waals surface area (Å²) in [5.74, 6) is 0.327. The highest BCUT2D eigenvalue weighted by Crippen LogP contribution is 2.24. The average molecular weight is 353 g/mol. The molecule has 1 aromatic heterocycles. The number of hydrogen-bond donors (Lipinski definition) is 1. The van der Waals surface area contributed by atoms with Gasteiger partial charge < -0.3 is 10.2 Å². The predicted octanol–water partition coefficient (Wildman–Crippen LogP) is 4.46. The van der Waals surface area contributed by atoms with Gasteiger partial charge in [0, 0.05) is 23.4 Å². The van der Waals surface area contributed by atoms with Crippen molar-refractivity contribution in [1.82, 2.24) is 10.2 Å². The van der Waals surface area contributed by atoms with Crippen molar-refractivity contribution in [3.05, 3.63) is 76.9 Å². The van der Waals surface area contributed by atoms with E-state index in [9.17, 15) is 4.79 Å². The van der Waals surface area contributed by atoms with Crippen LogP contribution in [0.1, 0.15) is 16.1 Å². The molecule has 0 bridgehead atoms. The standard InChI is InChI=1S/C19H17ClN4O/c1-13-15(20)9-6-10-16(13)21-19(25)17-11-12-18(23-22-17)24(2)14-7-4-3-5-8-14/h3-12H,1-2H3,(H,21,25). The Labute approximate surface area is 151 Å². The van der Waals surface area contributed by atoms with Crippen molar-refractivity contribution in [3.8, 4) is 0 Å². The van der Waals surface area contributed by atoms with Crippen LogP contribution in [-0.4, -0.2) is 23.2 Å². The molecule has 1 amide bonds. The number of hydrogen-bond acceptors (Lipinski definition) is 4. The summed E-state index contributed by atoms with van der Waals surface area (Å²) in [5.41, 5.74) is 2.70. The zero-order valence-electron chi connectivity index (χ0n) is 13.9. The number of benzene rings is 2. The highest BCUT2D eigenvalue weighted by molar-refractivity contribution is 6.31. The van der Waals surface area contributed by atoms with Crippen LogP contribution >= 0.6 is 11.6 Å². The molecule has 3 rings (SSSR count). The number of carbonyl (C=O) groups excluding carboxylic acids is 1. The molecule has 6 heteroatoms. The minimum Gasteiger partial charge on any atom is -0.328 e. The van der Waals surface area contributed by atoms with Gasteiger partial charge in [-0.25, -0.2) is 0 Å². The van der Waals surface area contributed by atoms with Crippen molar-refractivity contribution in [2.45, 2.75) is 6.92 Å². The first-order valence-electron chi connectivity index (χ1n) is 7.75. The molecule has 25 heavy (non-hydrogen) atoms. The van der Waals surface area contributed by atoms with Crippen molar-refractivity contribution < 1.29 is 4.79 Å². The minimum atomic E-state index is -0.327. The number of nitrogens with zero attached hydrogens (tertiary/aromatic N) is 3. The van der Waals surface area contributed by atoms with E-state index in [1.807, 2.05) is 49.2 Å². The van der Waals surface area contributed by atoms with Gasteiger partial charge in [0.15, 0.2) is 11.5 Å². The van der Waals surface area contributed by atoms with Crippen molar-refractivity contribution >= 4 is 34.7 Å². The number of amides is 1. The van der Waals surface area contributed by atoms with Crippen molar-refractivity contribution in [2.24, 2.45) is 0 Å². The molecule has 0 saturated heterocycles. The fourth-order valence-electron chi connectivity index (χ4n) is 2.34. The van der Waals surface area contributed by atoms with Crippen molar-refractivity contribution in [2.75, 3.05) is 17.3 Å². The van der Waals surface area contributed by atoms with Gasteiger partial charge in [-0.05, 0) is 48.9 Å². The fraction of sp³-hybridized carbons (Fsp3) is 0.105. The first-order chi connectivity index (χ1) is 12.1. The summed E-state index contributed by atoms with van der Waals surface area (Å²) < 4.78 is 0. The second-order valence-electron chi connectivity index (χ2n) is 5.54. The third-order valence-electron chi connectivity index (χ3n) is 3.89. The molecule has 1 N–H and O–H groups in total. The van der Waals surface area contributed by atoms with Crippen LogP contribution in [0.3, 0.4) is 0 Å². The molecular weight excluding hydrogens is 336 g/mol. The van der Waals surface area contributed by atoms with Gasteiger partial charge in [-0.15, -0.1) is 10.2 Å². The van der Waals surface area contributed by atoms with E-state index in [0.29, 0.717) is 16.5 Å². The molecule has 2 aromatic carbocycles. The highest BCUT2D eigenvalue weighted by Gasteiger charge is 2.12. The fourth-order valence-corrected chi connectivity index (χ4v) is 2.51. The molecule has 0 spiro atoms. The summed E-state index contributed by atoms with van der Waals surface area (Å²) in [6, 6.07) is 18.6. The van der Waals surface area contributed by atoms with Crippen LogP contribution < -0.4 is 10.2 Å². The van der Waals surface area contributed by atoms with E-state index < -0.39 is 0 Å². The average Bonchev–Trinajstić information content (AvgIpc) is 2.65. The number of halogens is 1. The molecule has 0 aliphatic carbocycles. The van der Waals surface area contributed by atoms with Gasteiger partial charge in [0.25, 0.3) is 5.91 Å². The second kappa shape index (κ2) is 7.32. The molecule has 0 aliphatic rings. The Morgan fingerprint density at radius 1 is 1.00 bits per heavy atom. The Kier molecular flexibility index (Phi) is 4.95. The van der Waals surface area contributed by atoms with Gasteiger partial charge in [0.1, 0.15) is 0 Å². The van der Waals surface area contributed by atoms with E-state index in [1.165, 1.54) is 0 Å². The highest BCUT2D eigenvalue weighted by atomic mass is 35.5. The number of nitrogens with one attached hydrogen (secondary N) is 1. The van der Waals surface area contributed by atoms with E-state index in [4.69, 9.17) is 11.6 Å². The topological polar surface area (TPSA) is 58.1 Å². The third kappa shape index (κ3) is 3.78. The molecule has 126 valence electrons. The lowest BCUT2D eigenvalue weighted by Gasteiger charge is -2.17. The van der Waals surface area contributed by atoms with Gasteiger partial charge in [-0.3, -0.25) is 4.79 Å². The summed E-state index contributed by atoms with van der Waals surface area (Å²) >= 11 is 6.07. The summed E-state index contributed by atoms with van der Waals surface area (Å²) in [6.45, 7) is 1.85. The summed E-state index contributed by atoms with van der Waals surface area (Å²) in [5, 5.41) is 11.6. The number of rotatable bonds is 4. The van der Waals surface area contributed by atoms with Crippen molar-refractivity contribution in [3.63, 3.8) is 0 Å². The molecule has 0 unspecified atom stereocenters. The maximum atomic E-state index is 12.4. The van der Waals surface area contributed by atoms with E-state index in [-0.39, 0.29) is 11.6 Å². The molecule has 0 atom stereocenters. The maximum Gasteiger partial charge on any atom is 0.276 e.